The third kappa shape index (κ3) is 3.10. The molecular weight excluding hydrogens is 336 g/mol. The summed E-state index contributed by atoms with van der Waals surface area (Å²) in [6.07, 6.45) is 7.59. The zero-order valence-electron chi connectivity index (χ0n) is 15.3. The molecule has 0 amide bonds. The van der Waals surface area contributed by atoms with Gasteiger partial charge in [-0.1, -0.05) is 18.2 Å². The van der Waals surface area contributed by atoms with E-state index < -0.39 is 0 Å². The maximum absolute atomic E-state index is 12.0. The standard InChI is InChI=1S/C23H22N2O2/c26-22-6-4-17-13-18(3-5-20(17)22)21-14-19(15-25-11-1-2-12-25)27-23(21)16-7-9-24-10-8-16/h3,5,7-10,13-14H,1-2,4,6,11-12,15H2. The summed E-state index contributed by atoms with van der Waals surface area (Å²) in [4.78, 5) is 18.5. The van der Waals surface area contributed by atoms with Gasteiger partial charge in [0, 0.05) is 35.5 Å². The number of pyridine rings is 1. The molecule has 3 heterocycles. The zero-order valence-corrected chi connectivity index (χ0v) is 15.3. The van der Waals surface area contributed by atoms with Crippen molar-refractivity contribution in [2.45, 2.75) is 32.2 Å². The minimum absolute atomic E-state index is 0.257. The highest BCUT2D eigenvalue weighted by Crippen LogP contribution is 2.37. The summed E-state index contributed by atoms with van der Waals surface area (Å²) >= 11 is 0. The molecule has 0 radical (unpaired) electrons. The summed E-state index contributed by atoms with van der Waals surface area (Å²) in [5, 5.41) is 0. The Balaban J connectivity index is 1.57. The molecule has 0 atom stereocenters. The minimum atomic E-state index is 0.257. The number of hydrogen-bond acceptors (Lipinski definition) is 4. The van der Waals surface area contributed by atoms with Crippen LogP contribution in [-0.2, 0) is 13.0 Å². The molecule has 4 nitrogen and oxygen atoms in total. The fraction of sp³-hybridized carbons (Fsp3) is 0.304. The Morgan fingerprint density at radius 3 is 2.56 bits per heavy atom. The topological polar surface area (TPSA) is 46.3 Å². The van der Waals surface area contributed by atoms with E-state index in [4.69, 9.17) is 4.42 Å². The van der Waals surface area contributed by atoms with Crippen molar-refractivity contribution in [3.63, 3.8) is 0 Å². The second-order valence-corrected chi connectivity index (χ2v) is 7.47. The maximum atomic E-state index is 12.0. The first-order valence-corrected chi connectivity index (χ1v) is 9.70. The molecule has 27 heavy (non-hydrogen) atoms. The smallest absolute Gasteiger partial charge is 0.163 e. The molecule has 2 aromatic heterocycles. The van der Waals surface area contributed by atoms with E-state index in [1.807, 2.05) is 18.2 Å². The highest BCUT2D eigenvalue weighted by Gasteiger charge is 2.22. The van der Waals surface area contributed by atoms with Gasteiger partial charge in [0.2, 0.25) is 0 Å². The van der Waals surface area contributed by atoms with E-state index in [9.17, 15) is 4.79 Å². The molecule has 136 valence electrons. The molecule has 1 aliphatic heterocycles. The van der Waals surface area contributed by atoms with Crippen LogP contribution in [0.5, 0.6) is 0 Å². The minimum Gasteiger partial charge on any atom is -0.459 e. The van der Waals surface area contributed by atoms with E-state index in [-0.39, 0.29) is 5.78 Å². The van der Waals surface area contributed by atoms with E-state index in [1.165, 1.54) is 12.8 Å². The first kappa shape index (κ1) is 16.5. The molecule has 0 spiro atoms. The molecule has 5 rings (SSSR count). The molecule has 1 fully saturated rings. The second kappa shape index (κ2) is 6.78. The van der Waals surface area contributed by atoms with Crippen LogP contribution >= 0.6 is 0 Å². The number of carbonyl (C=O) groups excluding carboxylic acids is 1. The van der Waals surface area contributed by atoms with Crippen LogP contribution in [0.15, 0.2) is 53.2 Å². The molecule has 0 N–H and O–H groups in total. The summed E-state index contributed by atoms with van der Waals surface area (Å²) in [6, 6.07) is 12.3. The lowest BCUT2D eigenvalue weighted by Gasteiger charge is -2.11. The molecule has 1 aromatic carbocycles. The monoisotopic (exact) mass is 358 g/mol. The number of benzene rings is 1. The van der Waals surface area contributed by atoms with Crippen molar-refractivity contribution in [2.75, 3.05) is 13.1 Å². The van der Waals surface area contributed by atoms with Gasteiger partial charge >= 0.3 is 0 Å². The van der Waals surface area contributed by atoms with Crippen LogP contribution in [0, 0.1) is 0 Å². The van der Waals surface area contributed by atoms with Crippen molar-refractivity contribution in [3.8, 4) is 22.5 Å². The van der Waals surface area contributed by atoms with Crippen LogP contribution in [0.25, 0.3) is 22.5 Å². The van der Waals surface area contributed by atoms with Gasteiger partial charge < -0.3 is 4.42 Å². The third-order valence-corrected chi connectivity index (χ3v) is 5.64. The summed E-state index contributed by atoms with van der Waals surface area (Å²) < 4.78 is 6.32. The van der Waals surface area contributed by atoms with Gasteiger partial charge in [-0.2, -0.15) is 0 Å². The molecule has 0 bridgehead atoms. The lowest BCUT2D eigenvalue weighted by Crippen LogP contribution is -2.17. The van der Waals surface area contributed by atoms with E-state index >= 15 is 0 Å². The van der Waals surface area contributed by atoms with E-state index in [0.717, 1.165) is 65.4 Å². The summed E-state index contributed by atoms with van der Waals surface area (Å²) in [6.45, 7) is 3.13. The van der Waals surface area contributed by atoms with Gasteiger partial charge in [0.05, 0.1) is 6.54 Å². The number of nitrogens with zero attached hydrogens (tertiary/aromatic N) is 2. The van der Waals surface area contributed by atoms with Crippen molar-refractivity contribution in [1.82, 2.24) is 9.88 Å². The van der Waals surface area contributed by atoms with Crippen LogP contribution in [0.3, 0.4) is 0 Å². The average molecular weight is 358 g/mol. The lowest BCUT2D eigenvalue weighted by molar-refractivity contribution is 0.0994. The number of hydrogen-bond donors (Lipinski definition) is 0. The number of likely N-dealkylation sites (tertiary alicyclic amines) is 1. The van der Waals surface area contributed by atoms with E-state index in [1.54, 1.807) is 12.4 Å². The van der Waals surface area contributed by atoms with Crippen molar-refractivity contribution in [3.05, 3.63) is 65.7 Å². The Kier molecular flexibility index (Phi) is 4.13. The lowest BCUT2D eigenvalue weighted by atomic mass is 9.98. The molecule has 2 aliphatic rings. The quantitative estimate of drug-likeness (QED) is 0.676. The van der Waals surface area contributed by atoms with Gasteiger partial charge in [0.1, 0.15) is 11.5 Å². The maximum Gasteiger partial charge on any atom is 0.163 e. The zero-order chi connectivity index (χ0) is 18.2. The Morgan fingerprint density at radius 1 is 0.926 bits per heavy atom. The molecule has 0 unspecified atom stereocenters. The van der Waals surface area contributed by atoms with Gasteiger partial charge in [-0.25, -0.2) is 0 Å². The van der Waals surface area contributed by atoms with Gasteiger partial charge in [0.25, 0.3) is 0 Å². The Hall–Kier alpha value is -2.72. The van der Waals surface area contributed by atoms with Crippen LogP contribution < -0.4 is 0 Å². The van der Waals surface area contributed by atoms with E-state index in [2.05, 4.69) is 28.1 Å². The molecular formula is C23H22N2O2. The second-order valence-electron chi connectivity index (χ2n) is 7.47. The van der Waals surface area contributed by atoms with Gasteiger partial charge in [-0.15, -0.1) is 0 Å². The molecule has 1 aliphatic carbocycles. The number of aryl methyl sites for hydroxylation is 1. The fourth-order valence-corrected chi connectivity index (χ4v) is 4.24. The molecule has 4 heteroatoms. The predicted molar refractivity (Wildman–Crippen MR) is 105 cm³/mol. The first-order valence-electron chi connectivity index (χ1n) is 9.70. The Morgan fingerprint density at radius 2 is 1.74 bits per heavy atom. The van der Waals surface area contributed by atoms with Crippen LogP contribution in [0.4, 0.5) is 0 Å². The number of rotatable bonds is 4. The number of fused-ring (bicyclic) bond motifs is 1. The average Bonchev–Trinajstić information content (AvgIpc) is 3.44. The van der Waals surface area contributed by atoms with Crippen LogP contribution in [-0.4, -0.2) is 28.8 Å². The van der Waals surface area contributed by atoms with Crippen molar-refractivity contribution in [1.29, 1.82) is 0 Å². The summed E-state index contributed by atoms with van der Waals surface area (Å²) in [5.74, 6) is 2.14. The van der Waals surface area contributed by atoms with Crippen LogP contribution in [0.2, 0.25) is 0 Å². The SMILES string of the molecule is O=C1CCc2cc(-c3cc(CN4CCCC4)oc3-c3ccncc3)ccc21. The number of ketones is 1. The first-order chi connectivity index (χ1) is 13.3. The van der Waals surface area contributed by atoms with E-state index in [0.29, 0.717) is 6.42 Å². The Bertz CT molecular complexity index is 985. The number of carbonyl (C=O) groups is 1. The summed E-state index contributed by atoms with van der Waals surface area (Å²) in [5.41, 5.74) is 5.28. The molecule has 0 saturated carbocycles. The Labute approximate surface area is 158 Å². The number of aromatic nitrogens is 1. The highest BCUT2D eigenvalue weighted by atomic mass is 16.3. The molecule has 3 aromatic rings. The van der Waals surface area contributed by atoms with Gasteiger partial charge in [0.15, 0.2) is 5.78 Å². The van der Waals surface area contributed by atoms with Crippen LogP contribution in [0.1, 0.15) is 40.9 Å². The summed E-state index contributed by atoms with van der Waals surface area (Å²) in [7, 11) is 0. The van der Waals surface area contributed by atoms with Gasteiger partial charge in [-0.05, 0) is 61.7 Å². The predicted octanol–water partition coefficient (Wildman–Crippen LogP) is 4.73. The number of Topliss-reactive ketones (excluding diaryl/α,β-unsaturated/α-hetero) is 1. The highest BCUT2D eigenvalue weighted by molar-refractivity contribution is 6.01. The third-order valence-electron chi connectivity index (χ3n) is 5.64. The normalized spacial score (nSPS) is 16.8. The fourth-order valence-electron chi connectivity index (χ4n) is 4.24. The van der Waals surface area contributed by atoms with Crippen molar-refractivity contribution in [2.24, 2.45) is 0 Å². The molecule has 1 saturated heterocycles. The van der Waals surface area contributed by atoms with Crippen molar-refractivity contribution >= 4 is 5.78 Å². The largest absolute Gasteiger partial charge is 0.459 e. The van der Waals surface area contributed by atoms with Crippen molar-refractivity contribution < 1.29 is 9.21 Å². The van der Waals surface area contributed by atoms with Gasteiger partial charge in [-0.3, -0.25) is 14.7 Å². The number of furan rings is 1.